The minimum absolute atomic E-state index is 0.853. The van der Waals surface area contributed by atoms with E-state index in [-0.39, 0.29) is 0 Å². The molecule has 1 saturated heterocycles. The fourth-order valence-electron chi connectivity index (χ4n) is 3.94. The zero-order valence-electron chi connectivity index (χ0n) is 18.6. The predicted octanol–water partition coefficient (Wildman–Crippen LogP) is 6.03. The Labute approximate surface area is 174 Å². The molecule has 1 aromatic rings. The molecule has 1 aromatic carbocycles. The summed E-state index contributed by atoms with van der Waals surface area (Å²) in [4.78, 5) is 2.51. The largest absolute Gasteiger partial charge is 0.494 e. The van der Waals surface area contributed by atoms with Crippen LogP contribution in [0.15, 0.2) is 24.3 Å². The molecule has 2 rings (SSSR count). The van der Waals surface area contributed by atoms with Crippen molar-refractivity contribution in [2.24, 2.45) is 5.92 Å². The lowest BCUT2D eigenvalue weighted by atomic mass is 10.0. The average Bonchev–Trinajstić information content (AvgIpc) is 2.70. The van der Waals surface area contributed by atoms with Gasteiger partial charge in [0.25, 0.3) is 0 Å². The van der Waals surface area contributed by atoms with Crippen molar-refractivity contribution in [1.29, 1.82) is 0 Å². The Morgan fingerprint density at radius 2 is 1.54 bits per heavy atom. The number of benzene rings is 1. The second-order valence-electron chi connectivity index (χ2n) is 8.89. The van der Waals surface area contributed by atoms with Crippen molar-refractivity contribution in [2.75, 3.05) is 32.8 Å². The molecular formula is C25H44N2O. The van der Waals surface area contributed by atoms with Crippen molar-refractivity contribution in [3.8, 4) is 5.75 Å². The van der Waals surface area contributed by atoms with Gasteiger partial charge < -0.3 is 10.1 Å². The quantitative estimate of drug-likeness (QED) is 0.371. The summed E-state index contributed by atoms with van der Waals surface area (Å²) in [5.41, 5.74) is 1.37. The van der Waals surface area contributed by atoms with E-state index in [0.717, 1.165) is 51.0 Å². The lowest BCUT2D eigenvalue weighted by Crippen LogP contribution is -2.42. The van der Waals surface area contributed by atoms with Gasteiger partial charge in [-0.3, -0.25) is 4.90 Å². The summed E-state index contributed by atoms with van der Waals surface area (Å²) in [7, 11) is 0. The average molecular weight is 389 g/mol. The third-order valence-corrected chi connectivity index (χ3v) is 5.71. The zero-order valence-corrected chi connectivity index (χ0v) is 18.6. The Hall–Kier alpha value is -1.06. The van der Waals surface area contributed by atoms with Gasteiger partial charge in [-0.15, -0.1) is 0 Å². The summed E-state index contributed by atoms with van der Waals surface area (Å²) in [6, 6.07) is 8.67. The maximum Gasteiger partial charge on any atom is 0.119 e. The third kappa shape index (κ3) is 11.1. The molecule has 160 valence electrons. The van der Waals surface area contributed by atoms with Gasteiger partial charge in [0.2, 0.25) is 0 Å². The van der Waals surface area contributed by atoms with E-state index in [2.05, 4.69) is 48.3 Å². The van der Waals surface area contributed by atoms with E-state index in [1.807, 2.05) is 0 Å². The van der Waals surface area contributed by atoms with E-state index < -0.39 is 0 Å². The lowest BCUT2D eigenvalue weighted by molar-refractivity contribution is 0.232. The molecule has 0 aromatic heterocycles. The van der Waals surface area contributed by atoms with Gasteiger partial charge >= 0.3 is 0 Å². The van der Waals surface area contributed by atoms with Crippen molar-refractivity contribution in [3.63, 3.8) is 0 Å². The van der Waals surface area contributed by atoms with E-state index in [1.54, 1.807) is 0 Å². The van der Waals surface area contributed by atoms with Crippen LogP contribution in [0, 0.1) is 5.92 Å². The first-order valence-electron chi connectivity index (χ1n) is 11.9. The second kappa shape index (κ2) is 14.9. The monoisotopic (exact) mass is 388 g/mol. The summed E-state index contributed by atoms with van der Waals surface area (Å²) in [6.07, 6.45) is 13.8. The Balaban J connectivity index is 1.44. The molecule has 0 spiro atoms. The maximum absolute atomic E-state index is 6.00. The van der Waals surface area contributed by atoms with Crippen LogP contribution < -0.4 is 10.1 Å². The van der Waals surface area contributed by atoms with Gasteiger partial charge in [-0.1, -0.05) is 83.8 Å². The summed E-state index contributed by atoms with van der Waals surface area (Å²) in [5, 5.41) is 3.41. The summed E-state index contributed by atoms with van der Waals surface area (Å²) >= 11 is 0. The first-order valence-corrected chi connectivity index (χ1v) is 11.9. The first kappa shape index (κ1) is 23.2. The SMILES string of the molecule is CC(C)CCCCCCCCCCCOc1cccc(CN2CCNCC2)c1. The third-order valence-electron chi connectivity index (χ3n) is 5.71. The molecule has 1 aliphatic rings. The van der Waals surface area contributed by atoms with Crippen LogP contribution in [-0.4, -0.2) is 37.7 Å². The van der Waals surface area contributed by atoms with Gasteiger partial charge in [0.05, 0.1) is 6.61 Å². The molecule has 0 aliphatic carbocycles. The number of rotatable bonds is 15. The molecule has 0 bridgehead atoms. The van der Waals surface area contributed by atoms with Gasteiger partial charge in [0, 0.05) is 32.7 Å². The lowest BCUT2D eigenvalue weighted by Gasteiger charge is -2.27. The predicted molar refractivity (Wildman–Crippen MR) is 121 cm³/mol. The van der Waals surface area contributed by atoms with E-state index in [0.29, 0.717) is 0 Å². The molecule has 1 fully saturated rings. The Kier molecular flexibility index (Phi) is 12.3. The first-order chi connectivity index (χ1) is 13.7. The number of nitrogens with one attached hydrogen (secondary N) is 1. The van der Waals surface area contributed by atoms with Crippen LogP contribution in [-0.2, 0) is 6.54 Å². The van der Waals surface area contributed by atoms with Crippen LogP contribution in [0.5, 0.6) is 5.75 Å². The van der Waals surface area contributed by atoms with E-state index in [1.165, 1.54) is 69.8 Å². The number of piperazine rings is 1. The molecule has 28 heavy (non-hydrogen) atoms. The molecule has 3 heteroatoms. The Bertz CT molecular complexity index is 497. The van der Waals surface area contributed by atoms with Gasteiger partial charge in [-0.05, 0) is 30.0 Å². The topological polar surface area (TPSA) is 24.5 Å². The standard InChI is InChI=1S/C25H44N2O/c1-23(2)13-10-8-6-4-3-5-7-9-11-20-28-25-15-12-14-24(21-25)22-27-18-16-26-17-19-27/h12,14-15,21,23,26H,3-11,13,16-20,22H2,1-2H3. The molecular weight excluding hydrogens is 344 g/mol. The van der Waals surface area contributed by atoms with E-state index in [4.69, 9.17) is 4.74 Å². The van der Waals surface area contributed by atoms with Crippen LogP contribution in [0.4, 0.5) is 0 Å². The number of hydrogen-bond donors (Lipinski definition) is 1. The van der Waals surface area contributed by atoms with E-state index in [9.17, 15) is 0 Å². The van der Waals surface area contributed by atoms with Crippen molar-refractivity contribution in [2.45, 2.75) is 84.6 Å². The molecule has 1 heterocycles. The number of nitrogens with zero attached hydrogens (tertiary/aromatic N) is 1. The van der Waals surface area contributed by atoms with Crippen LogP contribution >= 0.6 is 0 Å². The molecule has 0 atom stereocenters. The number of unbranched alkanes of at least 4 members (excludes halogenated alkanes) is 8. The number of hydrogen-bond acceptors (Lipinski definition) is 3. The van der Waals surface area contributed by atoms with Gasteiger partial charge in [-0.25, -0.2) is 0 Å². The van der Waals surface area contributed by atoms with Crippen LogP contribution in [0.25, 0.3) is 0 Å². The molecule has 0 amide bonds. The van der Waals surface area contributed by atoms with Crippen LogP contribution in [0.2, 0.25) is 0 Å². The minimum Gasteiger partial charge on any atom is -0.494 e. The highest BCUT2D eigenvalue weighted by Gasteiger charge is 2.10. The van der Waals surface area contributed by atoms with Crippen molar-refractivity contribution in [1.82, 2.24) is 10.2 Å². The Morgan fingerprint density at radius 3 is 2.21 bits per heavy atom. The smallest absolute Gasteiger partial charge is 0.119 e. The summed E-state index contributed by atoms with van der Waals surface area (Å²) < 4.78 is 6.00. The fraction of sp³-hybridized carbons (Fsp3) is 0.760. The highest BCUT2D eigenvalue weighted by Crippen LogP contribution is 2.17. The molecule has 1 N–H and O–H groups in total. The van der Waals surface area contributed by atoms with Crippen molar-refractivity contribution >= 4 is 0 Å². The van der Waals surface area contributed by atoms with Gasteiger partial charge in [-0.2, -0.15) is 0 Å². The molecule has 0 unspecified atom stereocenters. The Morgan fingerprint density at radius 1 is 0.893 bits per heavy atom. The van der Waals surface area contributed by atoms with E-state index >= 15 is 0 Å². The van der Waals surface area contributed by atoms with Gasteiger partial charge in [0.15, 0.2) is 0 Å². The minimum atomic E-state index is 0.853. The maximum atomic E-state index is 6.00. The van der Waals surface area contributed by atoms with Crippen molar-refractivity contribution in [3.05, 3.63) is 29.8 Å². The van der Waals surface area contributed by atoms with Crippen LogP contribution in [0.1, 0.15) is 83.6 Å². The normalized spacial score (nSPS) is 15.2. The zero-order chi connectivity index (χ0) is 19.9. The summed E-state index contributed by atoms with van der Waals surface area (Å²) in [5.74, 6) is 1.91. The summed E-state index contributed by atoms with van der Waals surface area (Å²) in [6.45, 7) is 11.0. The highest BCUT2D eigenvalue weighted by atomic mass is 16.5. The van der Waals surface area contributed by atoms with Crippen LogP contribution in [0.3, 0.4) is 0 Å². The molecule has 0 radical (unpaired) electrons. The van der Waals surface area contributed by atoms with Gasteiger partial charge in [0.1, 0.15) is 5.75 Å². The van der Waals surface area contributed by atoms with Crippen molar-refractivity contribution < 1.29 is 4.74 Å². The highest BCUT2D eigenvalue weighted by molar-refractivity contribution is 5.28. The molecule has 0 saturated carbocycles. The molecule has 3 nitrogen and oxygen atoms in total. The number of ether oxygens (including phenoxy) is 1. The second-order valence-corrected chi connectivity index (χ2v) is 8.89. The molecule has 1 aliphatic heterocycles. The fourth-order valence-corrected chi connectivity index (χ4v) is 3.94.